The maximum absolute atomic E-state index is 2.62. The van der Waals surface area contributed by atoms with Gasteiger partial charge in [-0.2, -0.15) is 18.2 Å². The van der Waals surface area contributed by atoms with Gasteiger partial charge in [-0.25, -0.2) is 12.1 Å². The zero-order valence-electron chi connectivity index (χ0n) is 5.87. The molecule has 0 N–H and O–H groups in total. The third kappa shape index (κ3) is 5.67. The minimum Gasteiger partial charge on any atom is -0.999 e. The first-order valence-electron chi connectivity index (χ1n) is 2.99. The molecule has 0 unspecified atom stereocenters. The average molecular weight is 178 g/mol. The van der Waals surface area contributed by atoms with Crippen LogP contribution >= 0.6 is 0 Å². The standard InChI is InChI=1S/C5H5.C5H.Cr/c2*1-2-4-5-3-1;/h1-5H;1H;/q-1;-5;. The van der Waals surface area contributed by atoms with Crippen molar-refractivity contribution in [2.75, 3.05) is 0 Å². The van der Waals surface area contributed by atoms with Crippen LogP contribution in [-0.4, -0.2) is 0 Å². The molecule has 2 aromatic rings. The van der Waals surface area contributed by atoms with E-state index in [1.807, 2.05) is 30.3 Å². The molecule has 0 saturated carbocycles. The van der Waals surface area contributed by atoms with Gasteiger partial charge in [0.15, 0.2) is 0 Å². The van der Waals surface area contributed by atoms with E-state index in [1.54, 1.807) is 6.07 Å². The van der Waals surface area contributed by atoms with Crippen molar-refractivity contribution in [3.05, 3.63) is 60.7 Å². The Kier molecular flexibility index (Phi) is 6.83. The van der Waals surface area contributed by atoms with E-state index in [9.17, 15) is 0 Å². The van der Waals surface area contributed by atoms with Crippen molar-refractivity contribution in [1.82, 2.24) is 0 Å². The van der Waals surface area contributed by atoms with E-state index in [2.05, 4.69) is 24.3 Å². The molecule has 0 fully saturated rings. The first kappa shape index (κ1) is 10.2. The van der Waals surface area contributed by atoms with Gasteiger partial charge in [0.1, 0.15) is 0 Å². The SMILES string of the molecule is [Cr].[c-]1[c-][c-][cH-][c-]1.c1cc[cH-]c1. The summed E-state index contributed by atoms with van der Waals surface area (Å²) in [5.74, 6) is 0. The van der Waals surface area contributed by atoms with E-state index in [-0.39, 0.29) is 17.4 Å². The first-order chi connectivity index (χ1) is 5.00. The van der Waals surface area contributed by atoms with Crippen molar-refractivity contribution in [1.29, 1.82) is 0 Å². The van der Waals surface area contributed by atoms with Crippen LogP contribution in [0.4, 0.5) is 0 Å². The summed E-state index contributed by atoms with van der Waals surface area (Å²) in [5, 5.41) is 0. The van der Waals surface area contributed by atoms with E-state index in [0.717, 1.165) is 0 Å². The summed E-state index contributed by atoms with van der Waals surface area (Å²) in [7, 11) is 0. The van der Waals surface area contributed by atoms with Gasteiger partial charge in [0.25, 0.3) is 0 Å². The molecule has 0 radical (unpaired) electrons. The van der Waals surface area contributed by atoms with Crippen LogP contribution in [0.15, 0.2) is 36.4 Å². The van der Waals surface area contributed by atoms with Crippen LogP contribution in [0, 0.1) is 24.3 Å². The van der Waals surface area contributed by atoms with E-state index < -0.39 is 0 Å². The number of hydrogen-bond donors (Lipinski definition) is 0. The number of rotatable bonds is 0. The summed E-state index contributed by atoms with van der Waals surface area (Å²) in [6.45, 7) is 0. The molecule has 0 nitrogen and oxygen atoms in total. The molecule has 0 amide bonds. The normalized spacial score (nSPS) is 7.27. The molecular formula is C10H6Cr-6. The fraction of sp³-hybridized carbons (Fsp3) is 0. The monoisotopic (exact) mass is 178 g/mol. The molecule has 1 heteroatoms. The fourth-order valence-corrected chi connectivity index (χ4v) is 0.501. The zero-order valence-corrected chi connectivity index (χ0v) is 7.15. The average Bonchev–Trinajstić information content (AvgIpc) is 2.67. The largest absolute Gasteiger partial charge is 0.999 e. The first-order valence-corrected chi connectivity index (χ1v) is 2.99. The molecule has 0 atom stereocenters. The van der Waals surface area contributed by atoms with Crippen molar-refractivity contribution >= 4 is 0 Å². The van der Waals surface area contributed by atoms with Gasteiger partial charge < -0.3 is 30.3 Å². The molecule has 0 aromatic heterocycles. The van der Waals surface area contributed by atoms with Crippen molar-refractivity contribution < 1.29 is 17.4 Å². The second-order valence-electron chi connectivity index (χ2n) is 1.65. The Morgan fingerprint density at radius 2 is 1.45 bits per heavy atom. The molecule has 2 rings (SSSR count). The second-order valence-corrected chi connectivity index (χ2v) is 1.65. The Labute approximate surface area is 78.3 Å². The third-order valence-electron chi connectivity index (χ3n) is 0.907. The van der Waals surface area contributed by atoms with Crippen molar-refractivity contribution in [2.45, 2.75) is 0 Å². The Morgan fingerprint density at radius 1 is 0.909 bits per heavy atom. The summed E-state index contributed by atoms with van der Waals surface area (Å²) in [5.41, 5.74) is 0. The fourth-order valence-electron chi connectivity index (χ4n) is 0.501. The molecule has 0 bridgehead atoms. The Balaban J connectivity index is 0.000000167. The Bertz CT molecular complexity index is 144. The van der Waals surface area contributed by atoms with Gasteiger partial charge in [0.05, 0.1) is 0 Å². The Morgan fingerprint density at radius 3 is 1.64 bits per heavy atom. The Hall–Kier alpha value is -0.768. The predicted molar refractivity (Wildman–Crippen MR) is 39.4 cm³/mol. The molecule has 0 aliphatic carbocycles. The molecular weight excluding hydrogens is 172 g/mol. The van der Waals surface area contributed by atoms with Crippen molar-refractivity contribution in [2.24, 2.45) is 0 Å². The van der Waals surface area contributed by atoms with Gasteiger partial charge in [-0.3, -0.25) is 0 Å². The molecule has 0 aliphatic rings. The van der Waals surface area contributed by atoms with Crippen LogP contribution in [0.3, 0.4) is 0 Å². The van der Waals surface area contributed by atoms with E-state index in [4.69, 9.17) is 0 Å². The van der Waals surface area contributed by atoms with Gasteiger partial charge >= 0.3 is 0 Å². The zero-order chi connectivity index (χ0) is 7.07. The predicted octanol–water partition coefficient (Wildman–Crippen LogP) is 2.01. The van der Waals surface area contributed by atoms with Crippen LogP contribution < -0.4 is 0 Å². The smallest absolute Gasteiger partial charge is 0 e. The van der Waals surface area contributed by atoms with Crippen LogP contribution in [0.25, 0.3) is 0 Å². The summed E-state index contributed by atoms with van der Waals surface area (Å²) >= 11 is 0. The summed E-state index contributed by atoms with van der Waals surface area (Å²) in [6, 6.07) is 22.0. The minimum absolute atomic E-state index is 0. The molecule has 11 heavy (non-hydrogen) atoms. The molecule has 0 spiro atoms. The molecule has 0 aliphatic heterocycles. The van der Waals surface area contributed by atoms with Gasteiger partial charge in [0, 0.05) is 17.4 Å². The minimum atomic E-state index is 0. The van der Waals surface area contributed by atoms with Gasteiger partial charge in [-0.15, -0.1) is 0 Å². The van der Waals surface area contributed by atoms with Gasteiger partial charge in [-0.05, 0) is 0 Å². The van der Waals surface area contributed by atoms with E-state index in [1.165, 1.54) is 0 Å². The molecule has 58 valence electrons. The van der Waals surface area contributed by atoms with Crippen LogP contribution in [0.5, 0.6) is 0 Å². The molecule has 0 saturated heterocycles. The van der Waals surface area contributed by atoms with Gasteiger partial charge in [-0.1, -0.05) is 0 Å². The second kappa shape index (κ2) is 7.34. The maximum atomic E-state index is 2.62. The topological polar surface area (TPSA) is 0 Å². The van der Waals surface area contributed by atoms with E-state index >= 15 is 0 Å². The summed E-state index contributed by atoms with van der Waals surface area (Å²) < 4.78 is 0. The molecule has 0 heterocycles. The quantitative estimate of drug-likeness (QED) is 0.541. The van der Waals surface area contributed by atoms with E-state index in [0.29, 0.717) is 0 Å². The van der Waals surface area contributed by atoms with Crippen LogP contribution in [-0.2, 0) is 17.4 Å². The van der Waals surface area contributed by atoms with Crippen molar-refractivity contribution in [3.63, 3.8) is 0 Å². The van der Waals surface area contributed by atoms with Gasteiger partial charge in [0.2, 0.25) is 0 Å². The number of hydrogen-bond acceptors (Lipinski definition) is 0. The summed E-state index contributed by atoms with van der Waals surface area (Å²) in [4.78, 5) is 0. The summed E-state index contributed by atoms with van der Waals surface area (Å²) in [6.07, 6.45) is 0. The van der Waals surface area contributed by atoms with Crippen molar-refractivity contribution in [3.8, 4) is 0 Å². The maximum Gasteiger partial charge on any atom is 0 e. The third-order valence-corrected chi connectivity index (χ3v) is 0.907. The van der Waals surface area contributed by atoms with Crippen LogP contribution in [0.2, 0.25) is 0 Å². The van der Waals surface area contributed by atoms with Crippen LogP contribution in [0.1, 0.15) is 0 Å². The molecule has 2 aromatic carbocycles.